The number of rotatable bonds is 9. The van der Waals surface area contributed by atoms with Gasteiger partial charge in [-0.3, -0.25) is 14.4 Å². The molecule has 2 N–H and O–H groups in total. The van der Waals surface area contributed by atoms with E-state index in [1.165, 1.54) is 0 Å². The second-order valence-corrected chi connectivity index (χ2v) is 10.9. The molecule has 0 spiro atoms. The molecule has 2 saturated heterocycles. The van der Waals surface area contributed by atoms with E-state index in [1.807, 2.05) is 56.3 Å². The van der Waals surface area contributed by atoms with Gasteiger partial charge in [0.15, 0.2) is 0 Å². The second kappa shape index (κ2) is 14.5. The number of amides is 3. The van der Waals surface area contributed by atoms with Crippen molar-refractivity contribution in [1.29, 1.82) is 0 Å². The number of primary amides is 1. The first-order chi connectivity index (χ1) is 19.1. The SMILES string of the molecule is CCC(C(N)=O)N1CC(c2cccc(Cl)c2)CC1=O.CCOC(=O)C(CC)N1CC(c2cccc(Cl)c2)CC1=O. The van der Waals surface area contributed by atoms with Gasteiger partial charge in [-0.2, -0.15) is 0 Å². The number of likely N-dealkylation sites (tertiary alicyclic amines) is 2. The lowest BCUT2D eigenvalue weighted by atomic mass is 9.98. The largest absolute Gasteiger partial charge is 0.464 e. The highest BCUT2D eigenvalue weighted by atomic mass is 35.5. The summed E-state index contributed by atoms with van der Waals surface area (Å²) in [4.78, 5) is 50.8. The number of hydrogen-bond donors (Lipinski definition) is 1. The highest BCUT2D eigenvalue weighted by Crippen LogP contribution is 2.32. The molecule has 2 aromatic carbocycles. The molecule has 2 aliphatic rings. The van der Waals surface area contributed by atoms with Crippen molar-refractivity contribution in [3.63, 3.8) is 0 Å². The maximum Gasteiger partial charge on any atom is 0.328 e. The number of nitrogens with two attached hydrogens (primary N) is 1. The summed E-state index contributed by atoms with van der Waals surface area (Å²) < 4.78 is 5.06. The van der Waals surface area contributed by atoms with E-state index in [0.29, 0.717) is 55.4 Å². The molecule has 40 heavy (non-hydrogen) atoms. The van der Waals surface area contributed by atoms with Gasteiger partial charge in [-0.25, -0.2) is 4.79 Å². The molecular weight excluding hydrogens is 553 g/mol. The van der Waals surface area contributed by atoms with Gasteiger partial charge in [-0.05, 0) is 55.2 Å². The average molecular weight is 591 g/mol. The molecule has 4 rings (SSSR count). The molecule has 10 heteroatoms. The molecular formula is C30H37Cl2N3O5. The first-order valence-corrected chi connectivity index (χ1v) is 14.4. The molecule has 2 fully saturated rings. The van der Waals surface area contributed by atoms with Crippen molar-refractivity contribution in [2.75, 3.05) is 19.7 Å². The van der Waals surface area contributed by atoms with E-state index in [9.17, 15) is 19.2 Å². The molecule has 0 aromatic heterocycles. The number of esters is 1. The van der Waals surface area contributed by atoms with Gasteiger partial charge in [-0.15, -0.1) is 0 Å². The van der Waals surface area contributed by atoms with Crippen LogP contribution in [0.5, 0.6) is 0 Å². The molecule has 216 valence electrons. The predicted octanol–water partition coefficient (Wildman–Crippen LogP) is 4.92. The minimum atomic E-state index is -0.503. The lowest BCUT2D eigenvalue weighted by Gasteiger charge is -2.25. The fraction of sp³-hybridized carbons (Fsp3) is 0.467. The summed E-state index contributed by atoms with van der Waals surface area (Å²) in [6, 6.07) is 14.1. The van der Waals surface area contributed by atoms with Crippen LogP contribution in [0.25, 0.3) is 0 Å². The van der Waals surface area contributed by atoms with Gasteiger partial charge in [0, 0.05) is 47.8 Å². The Labute approximate surface area is 245 Å². The number of halogens is 2. The third-order valence-electron chi connectivity index (χ3n) is 7.37. The molecule has 4 atom stereocenters. The van der Waals surface area contributed by atoms with Crippen molar-refractivity contribution >= 4 is 46.9 Å². The summed E-state index contributed by atoms with van der Waals surface area (Å²) in [6.07, 6.45) is 1.93. The fourth-order valence-corrected chi connectivity index (χ4v) is 5.76. The Hall–Kier alpha value is -3.10. The highest BCUT2D eigenvalue weighted by Gasteiger charge is 2.38. The van der Waals surface area contributed by atoms with Crippen LogP contribution in [-0.2, 0) is 23.9 Å². The van der Waals surface area contributed by atoms with Crippen LogP contribution in [0.2, 0.25) is 10.0 Å². The number of carbonyl (C=O) groups excluding carboxylic acids is 4. The van der Waals surface area contributed by atoms with Gasteiger partial charge in [-0.1, -0.05) is 61.3 Å². The van der Waals surface area contributed by atoms with Gasteiger partial charge >= 0.3 is 5.97 Å². The number of benzene rings is 2. The van der Waals surface area contributed by atoms with E-state index >= 15 is 0 Å². The topological polar surface area (TPSA) is 110 Å². The monoisotopic (exact) mass is 589 g/mol. The van der Waals surface area contributed by atoms with Gasteiger partial charge in [0.05, 0.1) is 6.61 Å². The maximum atomic E-state index is 12.2. The van der Waals surface area contributed by atoms with Crippen molar-refractivity contribution in [1.82, 2.24) is 9.80 Å². The van der Waals surface area contributed by atoms with Crippen molar-refractivity contribution in [2.24, 2.45) is 5.73 Å². The van der Waals surface area contributed by atoms with Gasteiger partial charge in [0.1, 0.15) is 12.1 Å². The summed E-state index contributed by atoms with van der Waals surface area (Å²) in [5.41, 5.74) is 7.41. The van der Waals surface area contributed by atoms with E-state index in [2.05, 4.69) is 0 Å². The lowest BCUT2D eigenvalue weighted by Crippen LogP contribution is -2.45. The molecule has 0 radical (unpaired) electrons. The number of carbonyl (C=O) groups is 4. The number of hydrogen-bond acceptors (Lipinski definition) is 5. The highest BCUT2D eigenvalue weighted by molar-refractivity contribution is 6.30. The number of ether oxygens (including phenoxy) is 1. The quantitative estimate of drug-likeness (QED) is 0.417. The Balaban J connectivity index is 0.000000222. The Morgan fingerprint density at radius 3 is 1.68 bits per heavy atom. The minimum Gasteiger partial charge on any atom is -0.464 e. The van der Waals surface area contributed by atoms with Crippen LogP contribution >= 0.6 is 23.2 Å². The van der Waals surface area contributed by atoms with Crippen LogP contribution in [0, 0.1) is 0 Å². The number of nitrogens with zero attached hydrogens (tertiary/aromatic N) is 2. The third kappa shape index (κ3) is 7.76. The summed E-state index contributed by atoms with van der Waals surface area (Å²) in [5.74, 6) is -0.613. The van der Waals surface area contributed by atoms with E-state index in [1.54, 1.807) is 22.8 Å². The van der Waals surface area contributed by atoms with Crippen LogP contribution < -0.4 is 5.73 Å². The van der Waals surface area contributed by atoms with Gasteiger partial charge in [0.25, 0.3) is 0 Å². The fourth-order valence-electron chi connectivity index (χ4n) is 5.36. The van der Waals surface area contributed by atoms with Gasteiger partial charge < -0.3 is 20.3 Å². The van der Waals surface area contributed by atoms with Crippen LogP contribution in [0.1, 0.15) is 69.4 Å². The van der Waals surface area contributed by atoms with Crippen molar-refractivity contribution in [3.8, 4) is 0 Å². The summed E-state index contributed by atoms with van der Waals surface area (Å²) in [6.45, 7) is 6.91. The van der Waals surface area contributed by atoms with E-state index < -0.39 is 18.0 Å². The molecule has 4 unspecified atom stereocenters. The Bertz CT molecular complexity index is 1220. The predicted molar refractivity (Wildman–Crippen MR) is 155 cm³/mol. The van der Waals surface area contributed by atoms with Crippen LogP contribution in [0.15, 0.2) is 48.5 Å². The molecule has 0 bridgehead atoms. The summed E-state index contributed by atoms with van der Waals surface area (Å²) in [5, 5.41) is 1.32. The standard InChI is InChI=1S/C16H20ClNO3.C14H17ClN2O2/c1-3-14(16(20)21-4-2)18-10-12(9-15(18)19)11-6-5-7-13(17)8-11;1-2-12(14(16)19)17-8-10(7-13(17)18)9-4-3-5-11(15)6-9/h5-8,12,14H,3-4,9-10H2,1-2H3;3-6,10,12H,2,7-8H2,1H3,(H2,16,19). The van der Waals surface area contributed by atoms with Gasteiger partial charge in [0.2, 0.25) is 17.7 Å². The zero-order valence-electron chi connectivity index (χ0n) is 23.1. The molecule has 2 aromatic rings. The van der Waals surface area contributed by atoms with E-state index in [4.69, 9.17) is 33.7 Å². The summed E-state index contributed by atoms with van der Waals surface area (Å²) in [7, 11) is 0. The normalized spacial score (nSPS) is 20.1. The minimum absolute atomic E-state index is 0.000112. The summed E-state index contributed by atoms with van der Waals surface area (Å²) >= 11 is 12.0. The second-order valence-electron chi connectivity index (χ2n) is 10.0. The smallest absolute Gasteiger partial charge is 0.328 e. The molecule has 2 aliphatic heterocycles. The van der Waals surface area contributed by atoms with Crippen molar-refractivity contribution in [2.45, 2.75) is 70.4 Å². The molecule has 0 saturated carbocycles. The van der Waals surface area contributed by atoms with E-state index in [-0.39, 0.29) is 29.6 Å². The van der Waals surface area contributed by atoms with Crippen LogP contribution in [-0.4, -0.2) is 65.3 Å². The zero-order valence-corrected chi connectivity index (χ0v) is 24.7. The van der Waals surface area contributed by atoms with E-state index in [0.717, 1.165) is 11.1 Å². The molecule has 3 amide bonds. The van der Waals surface area contributed by atoms with Crippen LogP contribution in [0.3, 0.4) is 0 Å². The molecule has 8 nitrogen and oxygen atoms in total. The molecule has 0 aliphatic carbocycles. The van der Waals surface area contributed by atoms with Crippen LogP contribution in [0.4, 0.5) is 0 Å². The Kier molecular flexibility index (Phi) is 11.4. The maximum absolute atomic E-state index is 12.2. The lowest BCUT2D eigenvalue weighted by molar-refractivity contribution is -0.153. The average Bonchev–Trinajstić information content (AvgIpc) is 3.48. The molecule has 2 heterocycles. The first kappa shape index (κ1) is 31.4. The van der Waals surface area contributed by atoms with Crippen molar-refractivity contribution in [3.05, 3.63) is 69.7 Å². The van der Waals surface area contributed by atoms with Crippen molar-refractivity contribution < 1.29 is 23.9 Å². The zero-order chi connectivity index (χ0) is 29.4. The Morgan fingerprint density at radius 2 is 1.30 bits per heavy atom. The first-order valence-electron chi connectivity index (χ1n) is 13.6. The third-order valence-corrected chi connectivity index (χ3v) is 7.84. The Morgan fingerprint density at radius 1 is 0.850 bits per heavy atom.